The second kappa shape index (κ2) is 7.95. The molecule has 1 aromatic carbocycles. The number of piperidine rings is 1. The zero-order chi connectivity index (χ0) is 20.5. The largest absolute Gasteiger partial charge is 0.385 e. The lowest BCUT2D eigenvalue weighted by Crippen LogP contribution is -2.46. The minimum absolute atomic E-state index is 0.212. The number of nitriles is 1. The molecule has 1 N–H and O–H groups in total. The van der Waals surface area contributed by atoms with Crippen molar-refractivity contribution in [3.63, 3.8) is 0 Å². The van der Waals surface area contributed by atoms with Crippen molar-refractivity contribution in [1.29, 1.82) is 5.26 Å². The maximum absolute atomic E-state index is 12.3. The molecule has 2 aliphatic heterocycles. The number of benzene rings is 1. The summed E-state index contributed by atoms with van der Waals surface area (Å²) in [6.07, 6.45) is 14.6. The van der Waals surface area contributed by atoms with E-state index in [9.17, 15) is 10.1 Å². The third kappa shape index (κ3) is 3.82. The molecular formula is C25H26N4O. The van der Waals surface area contributed by atoms with Gasteiger partial charge in [0.05, 0.1) is 11.6 Å². The van der Waals surface area contributed by atoms with Gasteiger partial charge in [0.1, 0.15) is 0 Å². The van der Waals surface area contributed by atoms with Crippen LogP contribution in [0.3, 0.4) is 0 Å². The molecule has 1 saturated heterocycles. The van der Waals surface area contributed by atoms with Crippen molar-refractivity contribution in [2.45, 2.75) is 31.7 Å². The highest BCUT2D eigenvalue weighted by Gasteiger charge is 2.35. The molecule has 0 radical (unpaired) electrons. The van der Waals surface area contributed by atoms with Crippen molar-refractivity contribution in [3.05, 3.63) is 65.5 Å². The van der Waals surface area contributed by atoms with Crippen LogP contribution in [0.1, 0.15) is 36.8 Å². The molecule has 2 unspecified atom stereocenters. The van der Waals surface area contributed by atoms with E-state index in [0.29, 0.717) is 23.4 Å². The summed E-state index contributed by atoms with van der Waals surface area (Å²) in [6, 6.07) is 10.4. The molecule has 1 amide bonds. The van der Waals surface area contributed by atoms with E-state index in [-0.39, 0.29) is 11.8 Å². The number of hydrogen-bond donors (Lipinski definition) is 1. The van der Waals surface area contributed by atoms with Gasteiger partial charge in [-0.15, -0.1) is 0 Å². The molecule has 2 atom stereocenters. The van der Waals surface area contributed by atoms with E-state index in [2.05, 4.69) is 45.6 Å². The van der Waals surface area contributed by atoms with Crippen molar-refractivity contribution in [3.8, 4) is 6.07 Å². The maximum Gasteiger partial charge on any atom is 0.225 e. The molecule has 30 heavy (non-hydrogen) atoms. The number of allylic oxidation sites excluding steroid dienone is 5. The molecule has 4 aliphatic rings. The predicted octanol–water partition coefficient (Wildman–Crippen LogP) is 3.66. The predicted molar refractivity (Wildman–Crippen MR) is 117 cm³/mol. The van der Waals surface area contributed by atoms with E-state index in [4.69, 9.17) is 0 Å². The Kier molecular flexibility index (Phi) is 5.00. The highest BCUT2D eigenvalue weighted by atomic mass is 16.2. The average molecular weight is 399 g/mol. The zero-order valence-electron chi connectivity index (χ0n) is 17.0. The Morgan fingerprint density at radius 2 is 2.03 bits per heavy atom. The molecule has 0 aromatic heterocycles. The molecule has 1 saturated carbocycles. The van der Waals surface area contributed by atoms with Gasteiger partial charge in [-0.2, -0.15) is 5.26 Å². The summed E-state index contributed by atoms with van der Waals surface area (Å²) in [4.78, 5) is 18.8. The Balaban J connectivity index is 1.33. The highest BCUT2D eigenvalue weighted by Crippen LogP contribution is 2.35. The lowest BCUT2D eigenvalue weighted by atomic mass is 9.80. The molecular weight excluding hydrogens is 372 g/mol. The molecule has 152 valence electrons. The molecule has 1 aromatic rings. The number of amides is 1. The Morgan fingerprint density at radius 3 is 2.80 bits per heavy atom. The molecule has 2 heterocycles. The first-order valence-corrected chi connectivity index (χ1v) is 10.9. The second-order valence-corrected chi connectivity index (χ2v) is 8.68. The zero-order valence-corrected chi connectivity index (χ0v) is 17.0. The lowest BCUT2D eigenvalue weighted by Gasteiger charge is -2.36. The average Bonchev–Trinajstić information content (AvgIpc) is 3.65. The van der Waals surface area contributed by atoms with Crippen LogP contribution in [0, 0.1) is 29.1 Å². The van der Waals surface area contributed by atoms with Crippen molar-refractivity contribution in [2.75, 3.05) is 13.1 Å². The Labute approximate surface area is 177 Å². The quantitative estimate of drug-likeness (QED) is 0.842. The monoisotopic (exact) mass is 398 g/mol. The number of nitrogens with zero attached hydrogens (tertiary/aromatic N) is 3. The number of rotatable bonds is 4. The topological polar surface area (TPSA) is 68.5 Å². The first-order chi connectivity index (χ1) is 14.7. The van der Waals surface area contributed by atoms with Crippen LogP contribution >= 0.6 is 0 Å². The summed E-state index contributed by atoms with van der Waals surface area (Å²) >= 11 is 0. The van der Waals surface area contributed by atoms with Crippen molar-refractivity contribution >= 4 is 17.7 Å². The summed E-state index contributed by atoms with van der Waals surface area (Å²) < 4.78 is 0. The SMILES string of the molecule is N#Cc1cccc(C2=CC3C=CN=CC3C(NC3CCN(C(=O)C4CC4)CC3)=C2)c1. The minimum Gasteiger partial charge on any atom is -0.385 e. The molecule has 2 aliphatic carbocycles. The fourth-order valence-corrected chi connectivity index (χ4v) is 4.63. The van der Waals surface area contributed by atoms with Gasteiger partial charge in [0.25, 0.3) is 0 Å². The van der Waals surface area contributed by atoms with Gasteiger partial charge < -0.3 is 10.2 Å². The van der Waals surface area contributed by atoms with Gasteiger partial charge in [-0.3, -0.25) is 9.79 Å². The molecule has 5 heteroatoms. The van der Waals surface area contributed by atoms with Gasteiger partial charge >= 0.3 is 0 Å². The maximum atomic E-state index is 12.3. The number of fused-ring (bicyclic) bond motifs is 1. The van der Waals surface area contributed by atoms with Crippen LogP contribution in [-0.4, -0.2) is 36.2 Å². The summed E-state index contributed by atoms with van der Waals surface area (Å²) in [5, 5.41) is 13.0. The van der Waals surface area contributed by atoms with Gasteiger partial charge in [0.15, 0.2) is 0 Å². The smallest absolute Gasteiger partial charge is 0.225 e. The van der Waals surface area contributed by atoms with E-state index < -0.39 is 0 Å². The van der Waals surface area contributed by atoms with Gasteiger partial charge in [-0.05, 0) is 55.0 Å². The van der Waals surface area contributed by atoms with Crippen molar-refractivity contribution < 1.29 is 4.79 Å². The number of carbonyl (C=O) groups is 1. The molecule has 5 rings (SSSR count). The molecule has 0 spiro atoms. The third-order valence-electron chi connectivity index (χ3n) is 6.53. The first kappa shape index (κ1) is 18.9. The van der Waals surface area contributed by atoms with E-state index >= 15 is 0 Å². The van der Waals surface area contributed by atoms with Crippen LogP contribution in [0.5, 0.6) is 0 Å². The summed E-state index contributed by atoms with van der Waals surface area (Å²) in [5.74, 6) is 1.13. The number of likely N-dealkylation sites (tertiary alicyclic amines) is 1. The van der Waals surface area contributed by atoms with Crippen LogP contribution in [0.25, 0.3) is 5.57 Å². The Hall–Kier alpha value is -3.13. The fraction of sp³-hybridized carbons (Fsp3) is 0.400. The van der Waals surface area contributed by atoms with Crippen LogP contribution in [0.4, 0.5) is 0 Å². The molecule has 2 fully saturated rings. The van der Waals surface area contributed by atoms with Crippen LogP contribution < -0.4 is 5.32 Å². The first-order valence-electron chi connectivity index (χ1n) is 10.9. The van der Waals surface area contributed by atoms with Gasteiger partial charge in [0, 0.05) is 55.0 Å². The standard InChI is InChI=1S/C25H26N4O/c26-15-17-2-1-3-19(12-17)21-13-20-6-9-27-16-23(20)24(14-21)28-22-7-10-29(11-8-22)25(30)18-4-5-18/h1-3,6,9,12-14,16,18,20,22-23,28H,4-5,7-8,10-11H2. The normalized spacial score (nSPS) is 25.8. The van der Waals surface area contributed by atoms with E-state index in [1.54, 1.807) is 0 Å². The van der Waals surface area contributed by atoms with Crippen LogP contribution in [0.15, 0.2) is 59.4 Å². The number of hydrogen-bond acceptors (Lipinski definition) is 4. The van der Waals surface area contributed by atoms with Crippen LogP contribution in [0.2, 0.25) is 0 Å². The van der Waals surface area contributed by atoms with Crippen molar-refractivity contribution in [2.24, 2.45) is 22.7 Å². The Morgan fingerprint density at radius 1 is 1.20 bits per heavy atom. The second-order valence-electron chi connectivity index (χ2n) is 8.68. The van der Waals surface area contributed by atoms with Gasteiger partial charge in [-0.1, -0.05) is 24.3 Å². The fourth-order valence-electron chi connectivity index (χ4n) is 4.63. The summed E-state index contributed by atoms with van der Waals surface area (Å²) in [7, 11) is 0. The van der Waals surface area contributed by atoms with E-state index in [1.165, 1.54) is 5.70 Å². The number of aliphatic imine (C=N–C) groups is 1. The van der Waals surface area contributed by atoms with Crippen molar-refractivity contribution in [1.82, 2.24) is 10.2 Å². The number of nitrogens with one attached hydrogen (secondary N) is 1. The van der Waals surface area contributed by atoms with Gasteiger partial charge in [-0.25, -0.2) is 0 Å². The minimum atomic E-state index is 0.212. The Bertz CT molecular complexity index is 1000. The van der Waals surface area contributed by atoms with Crippen LogP contribution in [-0.2, 0) is 4.79 Å². The summed E-state index contributed by atoms with van der Waals surface area (Å²) in [5.41, 5.74) is 4.05. The number of carbonyl (C=O) groups excluding carboxylic acids is 1. The lowest BCUT2D eigenvalue weighted by molar-refractivity contribution is -0.133. The molecule has 0 bridgehead atoms. The summed E-state index contributed by atoms with van der Waals surface area (Å²) in [6.45, 7) is 1.69. The molecule has 5 nitrogen and oxygen atoms in total. The third-order valence-corrected chi connectivity index (χ3v) is 6.53. The highest BCUT2D eigenvalue weighted by molar-refractivity contribution is 5.82. The van der Waals surface area contributed by atoms with E-state index in [0.717, 1.165) is 49.9 Å². The van der Waals surface area contributed by atoms with E-state index in [1.807, 2.05) is 30.6 Å². The van der Waals surface area contributed by atoms with Gasteiger partial charge in [0.2, 0.25) is 5.91 Å².